The monoisotopic (exact) mass is 283 g/mol. The SMILES string of the molecule is CCSc1ccccc1-c1nc2ccc(C)nc2n1C. The summed E-state index contributed by atoms with van der Waals surface area (Å²) in [6.07, 6.45) is 0. The molecule has 20 heavy (non-hydrogen) atoms. The van der Waals surface area contributed by atoms with Gasteiger partial charge in [-0.3, -0.25) is 0 Å². The molecule has 1 aromatic carbocycles. The maximum atomic E-state index is 4.75. The minimum atomic E-state index is 0.941. The van der Waals surface area contributed by atoms with Gasteiger partial charge >= 0.3 is 0 Å². The van der Waals surface area contributed by atoms with Crippen LogP contribution in [0.2, 0.25) is 0 Å². The van der Waals surface area contributed by atoms with Gasteiger partial charge in [-0.15, -0.1) is 11.8 Å². The average molecular weight is 283 g/mol. The Balaban J connectivity index is 2.22. The van der Waals surface area contributed by atoms with Crippen molar-refractivity contribution in [2.24, 2.45) is 7.05 Å². The molecular weight excluding hydrogens is 266 g/mol. The number of rotatable bonds is 3. The summed E-state index contributed by atoms with van der Waals surface area (Å²) < 4.78 is 2.08. The van der Waals surface area contributed by atoms with Crippen LogP contribution in [0.25, 0.3) is 22.6 Å². The third-order valence-corrected chi connectivity index (χ3v) is 4.24. The Morgan fingerprint density at radius 3 is 2.70 bits per heavy atom. The number of nitrogens with zero attached hydrogens (tertiary/aromatic N) is 3. The fourth-order valence-corrected chi connectivity index (χ4v) is 3.13. The summed E-state index contributed by atoms with van der Waals surface area (Å²) in [7, 11) is 2.03. The van der Waals surface area contributed by atoms with E-state index in [9.17, 15) is 0 Å². The largest absolute Gasteiger partial charge is 0.312 e. The predicted molar refractivity (Wildman–Crippen MR) is 85.1 cm³/mol. The molecule has 0 unspecified atom stereocenters. The van der Waals surface area contributed by atoms with Gasteiger partial charge in [-0.05, 0) is 30.9 Å². The summed E-state index contributed by atoms with van der Waals surface area (Å²) in [5, 5.41) is 0. The predicted octanol–water partition coefficient (Wildman–Crippen LogP) is 4.06. The van der Waals surface area contributed by atoms with Crippen LogP contribution >= 0.6 is 11.8 Å². The Hall–Kier alpha value is -1.81. The maximum Gasteiger partial charge on any atom is 0.160 e. The van der Waals surface area contributed by atoms with Crippen LogP contribution < -0.4 is 0 Å². The van der Waals surface area contributed by atoms with Crippen molar-refractivity contribution in [2.45, 2.75) is 18.7 Å². The molecule has 2 heterocycles. The quantitative estimate of drug-likeness (QED) is 0.679. The summed E-state index contributed by atoms with van der Waals surface area (Å²) >= 11 is 1.84. The third-order valence-electron chi connectivity index (χ3n) is 3.28. The molecule has 0 saturated heterocycles. The van der Waals surface area contributed by atoms with E-state index in [2.05, 4.69) is 40.7 Å². The highest BCUT2D eigenvalue weighted by atomic mass is 32.2. The second kappa shape index (κ2) is 5.29. The zero-order valence-electron chi connectivity index (χ0n) is 11.9. The molecule has 0 N–H and O–H groups in total. The van der Waals surface area contributed by atoms with E-state index in [0.717, 1.165) is 28.4 Å². The Bertz CT molecular complexity index is 762. The molecule has 0 aliphatic heterocycles. The molecule has 3 aromatic rings. The van der Waals surface area contributed by atoms with Crippen molar-refractivity contribution < 1.29 is 0 Å². The first-order chi connectivity index (χ1) is 9.70. The van der Waals surface area contributed by atoms with Crippen LogP contribution in [-0.2, 0) is 7.05 Å². The molecule has 3 nitrogen and oxygen atoms in total. The van der Waals surface area contributed by atoms with Crippen LogP contribution in [0.3, 0.4) is 0 Å². The lowest BCUT2D eigenvalue weighted by Gasteiger charge is -2.07. The van der Waals surface area contributed by atoms with Crippen LogP contribution in [-0.4, -0.2) is 20.3 Å². The van der Waals surface area contributed by atoms with Crippen LogP contribution in [0.1, 0.15) is 12.6 Å². The van der Waals surface area contributed by atoms with Crippen LogP contribution in [0.15, 0.2) is 41.3 Å². The molecule has 0 bridgehead atoms. The van der Waals surface area contributed by atoms with Crippen molar-refractivity contribution in [3.63, 3.8) is 0 Å². The molecule has 3 rings (SSSR count). The summed E-state index contributed by atoms with van der Waals surface area (Å²) in [4.78, 5) is 10.6. The van der Waals surface area contributed by atoms with Gasteiger partial charge < -0.3 is 4.57 Å². The molecule has 0 aliphatic carbocycles. The number of fused-ring (bicyclic) bond motifs is 1. The fourth-order valence-electron chi connectivity index (χ4n) is 2.33. The van der Waals surface area contributed by atoms with Crippen molar-refractivity contribution in [1.29, 1.82) is 0 Å². The van der Waals surface area contributed by atoms with E-state index in [1.165, 1.54) is 10.5 Å². The van der Waals surface area contributed by atoms with Gasteiger partial charge in [-0.2, -0.15) is 0 Å². The first-order valence-corrected chi connectivity index (χ1v) is 7.71. The van der Waals surface area contributed by atoms with Gasteiger partial charge in [-0.25, -0.2) is 9.97 Å². The minimum absolute atomic E-state index is 0.941. The molecule has 0 spiro atoms. The number of aryl methyl sites for hydroxylation is 2. The highest BCUT2D eigenvalue weighted by molar-refractivity contribution is 7.99. The van der Waals surface area contributed by atoms with Crippen molar-refractivity contribution >= 4 is 22.9 Å². The molecule has 2 aromatic heterocycles. The summed E-state index contributed by atoms with van der Waals surface area (Å²) in [6.45, 7) is 4.17. The number of hydrogen-bond donors (Lipinski definition) is 0. The second-order valence-corrected chi connectivity index (χ2v) is 6.02. The van der Waals surface area contributed by atoms with Crippen molar-refractivity contribution in [1.82, 2.24) is 14.5 Å². The van der Waals surface area contributed by atoms with Gasteiger partial charge in [0.1, 0.15) is 11.3 Å². The lowest BCUT2D eigenvalue weighted by molar-refractivity contribution is 0.934. The van der Waals surface area contributed by atoms with Gasteiger partial charge in [-0.1, -0.05) is 25.1 Å². The Labute approximate surface area is 123 Å². The maximum absolute atomic E-state index is 4.75. The van der Waals surface area contributed by atoms with Crippen LogP contribution in [0.4, 0.5) is 0 Å². The lowest BCUT2D eigenvalue weighted by Crippen LogP contribution is -1.95. The molecule has 0 fully saturated rings. The highest BCUT2D eigenvalue weighted by Crippen LogP contribution is 2.31. The molecule has 0 saturated carbocycles. The van der Waals surface area contributed by atoms with E-state index in [-0.39, 0.29) is 0 Å². The Kier molecular flexibility index (Phi) is 3.49. The number of imidazole rings is 1. The molecule has 0 radical (unpaired) electrons. The molecule has 0 aliphatic rings. The number of hydrogen-bond acceptors (Lipinski definition) is 3. The Morgan fingerprint density at radius 1 is 1.10 bits per heavy atom. The smallest absolute Gasteiger partial charge is 0.160 e. The lowest BCUT2D eigenvalue weighted by atomic mass is 10.2. The van der Waals surface area contributed by atoms with Gasteiger partial charge in [0.2, 0.25) is 0 Å². The van der Waals surface area contributed by atoms with E-state index in [0.29, 0.717) is 0 Å². The highest BCUT2D eigenvalue weighted by Gasteiger charge is 2.13. The number of thioether (sulfide) groups is 1. The van der Waals surface area contributed by atoms with E-state index in [1.54, 1.807) is 0 Å². The normalized spacial score (nSPS) is 11.2. The first kappa shape index (κ1) is 13.2. The standard InChI is InChI=1S/C16H17N3S/c1-4-20-14-8-6-5-7-12(14)15-18-13-10-9-11(2)17-16(13)19(15)3/h5-10H,4H2,1-3H3. The molecule has 0 amide bonds. The minimum Gasteiger partial charge on any atom is -0.312 e. The number of aromatic nitrogens is 3. The van der Waals surface area contributed by atoms with Crippen LogP contribution in [0.5, 0.6) is 0 Å². The van der Waals surface area contributed by atoms with Gasteiger partial charge in [0, 0.05) is 23.2 Å². The van der Waals surface area contributed by atoms with Gasteiger partial charge in [0.05, 0.1) is 0 Å². The summed E-state index contributed by atoms with van der Waals surface area (Å²) in [6, 6.07) is 12.5. The number of pyridine rings is 1. The second-order valence-electron chi connectivity index (χ2n) is 4.72. The third kappa shape index (κ3) is 2.20. The summed E-state index contributed by atoms with van der Waals surface area (Å²) in [5.41, 5.74) is 4.08. The van der Waals surface area contributed by atoms with Crippen molar-refractivity contribution in [2.75, 3.05) is 5.75 Å². The zero-order chi connectivity index (χ0) is 14.1. The van der Waals surface area contributed by atoms with Crippen molar-refractivity contribution in [3.05, 3.63) is 42.1 Å². The molecular formula is C16H17N3S. The molecule has 102 valence electrons. The zero-order valence-corrected chi connectivity index (χ0v) is 12.7. The van der Waals surface area contributed by atoms with Crippen LogP contribution in [0, 0.1) is 6.92 Å². The van der Waals surface area contributed by atoms with E-state index >= 15 is 0 Å². The fraction of sp³-hybridized carbons (Fsp3) is 0.250. The molecule has 0 atom stereocenters. The Morgan fingerprint density at radius 2 is 1.90 bits per heavy atom. The summed E-state index contributed by atoms with van der Waals surface area (Å²) in [5.74, 6) is 2.04. The molecule has 4 heteroatoms. The van der Waals surface area contributed by atoms with Gasteiger partial charge in [0.15, 0.2) is 5.65 Å². The topological polar surface area (TPSA) is 30.7 Å². The first-order valence-electron chi connectivity index (χ1n) is 6.73. The van der Waals surface area contributed by atoms with Crippen molar-refractivity contribution in [3.8, 4) is 11.4 Å². The van der Waals surface area contributed by atoms with E-state index < -0.39 is 0 Å². The van der Waals surface area contributed by atoms with E-state index in [4.69, 9.17) is 4.98 Å². The van der Waals surface area contributed by atoms with Gasteiger partial charge in [0.25, 0.3) is 0 Å². The average Bonchev–Trinajstić information content (AvgIpc) is 2.77. The van der Waals surface area contributed by atoms with E-state index in [1.807, 2.05) is 37.9 Å². The number of benzene rings is 1.